The first-order valence-corrected chi connectivity index (χ1v) is 60.0. The van der Waals surface area contributed by atoms with Crippen LogP contribution in [0.1, 0.15) is 328 Å². The maximum absolute atomic E-state index is 10.5. The molecule has 0 aliphatic carbocycles. The van der Waals surface area contributed by atoms with Crippen molar-refractivity contribution in [1.82, 2.24) is 0 Å². The van der Waals surface area contributed by atoms with Gasteiger partial charge in [-0.2, -0.15) is 0 Å². The second-order valence-electron chi connectivity index (χ2n) is 41.5. The molecular formula is C118H182O10Si4. The van der Waals surface area contributed by atoms with Crippen molar-refractivity contribution in [3.8, 4) is 0 Å². The summed E-state index contributed by atoms with van der Waals surface area (Å²) in [5, 5.41) is 31.1. The molecule has 0 aromatic heterocycles. The van der Waals surface area contributed by atoms with E-state index in [1.165, 1.54) is 151 Å². The number of hydrogen-bond donors (Lipinski definition) is 2. The molecule has 0 spiro atoms. The number of allylic oxidation sites excluding steroid dienone is 2. The van der Waals surface area contributed by atoms with Gasteiger partial charge in [-0.1, -0.05) is 506 Å². The minimum atomic E-state index is -2.81. The fraction of sp³-hybridized carbons (Fsp3) is 0.576. The van der Waals surface area contributed by atoms with Crippen molar-refractivity contribution < 1.29 is 46.9 Å². The van der Waals surface area contributed by atoms with E-state index in [9.17, 15) is 10.2 Å². The number of aliphatic hydroxyl groups excluding tert-OH is 2. The van der Waals surface area contributed by atoms with Gasteiger partial charge in [0.15, 0.2) is 0 Å². The highest BCUT2D eigenvalue weighted by molar-refractivity contribution is 7.01. The average Bonchev–Trinajstić information content (AvgIpc) is 0.773. The Bertz CT molecular complexity index is 3980. The van der Waals surface area contributed by atoms with E-state index in [0.29, 0.717) is 59.1 Å². The zero-order valence-corrected chi connectivity index (χ0v) is 89.2. The lowest BCUT2D eigenvalue weighted by molar-refractivity contribution is -0.0122. The molecule has 2 N–H and O–H groups in total. The summed E-state index contributed by atoms with van der Waals surface area (Å²) < 4.78 is 55.4. The van der Waals surface area contributed by atoms with E-state index in [1.54, 1.807) is 0 Å². The van der Waals surface area contributed by atoms with Gasteiger partial charge in [-0.25, -0.2) is 0 Å². The summed E-state index contributed by atoms with van der Waals surface area (Å²) in [4.78, 5) is 0. The third-order valence-corrected chi connectivity index (χ3v) is 47.0. The van der Waals surface area contributed by atoms with E-state index in [1.807, 2.05) is 0 Å². The van der Waals surface area contributed by atoms with Gasteiger partial charge in [0.2, 0.25) is 0 Å². The van der Waals surface area contributed by atoms with Crippen molar-refractivity contribution >= 4 is 74.8 Å². The Morgan fingerprint density at radius 2 is 0.409 bits per heavy atom. The van der Waals surface area contributed by atoms with Gasteiger partial charge in [0, 0.05) is 39.6 Å². The highest BCUT2D eigenvalue weighted by atomic mass is 28.4. The molecule has 0 fully saturated rings. The number of ether oxygens (including phenoxy) is 4. The Morgan fingerprint density at radius 3 is 0.621 bits per heavy atom. The van der Waals surface area contributed by atoms with Crippen molar-refractivity contribution in [2.45, 2.75) is 373 Å². The van der Waals surface area contributed by atoms with Gasteiger partial charge in [-0.05, 0) is 139 Å². The number of benzene rings is 8. The van der Waals surface area contributed by atoms with E-state index in [-0.39, 0.29) is 32.4 Å². The molecule has 730 valence electrons. The van der Waals surface area contributed by atoms with Crippen LogP contribution in [0.2, 0.25) is 20.2 Å². The highest BCUT2D eigenvalue weighted by Crippen LogP contribution is 2.42. The third-order valence-electron chi connectivity index (χ3n) is 26.7. The summed E-state index contributed by atoms with van der Waals surface area (Å²) >= 11 is 0. The quantitative estimate of drug-likeness (QED) is 0.0217. The molecule has 0 heterocycles. The van der Waals surface area contributed by atoms with Crippen LogP contribution >= 0.6 is 0 Å². The Morgan fingerprint density at radius 1 is 0.227 bits per heavy atom. The first kappa shape index (κ1) is 113. The van der Waals surface area contributed by atoms with Crippen LogP contribution in [-0.4, -0.2) is 134 Å². The SMILES string of the molecule is CCCCCCCC/C=C\CCCCCCCCOCC(COCCCCCCO[Si](c1ccccc1)(c1ccccc1)C(C)(C)C)O[Si](c1ccccc1)(c1ccccc1)C(C)(C)C.CCCCCCCCC(O)C(O)CCCCCCCCOCC(COCCCCCCO[Si](c1ccccc1)(c1ccccc1)C(C)(C)C)O[Si](c1ccccc1)(c1ccccc1)C(C)(C)C. The molecule has 4 unspecified atom stereocenters. The molecule has 0 saturated carbocycles. The fourth-order valence-corrected chi connectivity index (χ4v) is 38.0. The molecule has 8 aromatic carbocycles. The van der Waals surface area contributed by atoms with Gasteiger partial charge < -0.3 is 46.9 Å². The predicted molar refractivity (Wildman–Crippen MR) is 574 cm³/mol. The number of rotatable bonds is 69. The lowest BCUT2D eigenvalue weighted by atomic mass is 9.99. The normalized spacial score (nSPS) is 13.6. The van der Waals surface area contributed by atoms with Crippen LogP contribution in [0.25, 0.3) is 0 Å². The molecule has 4 atom stereocenters. The van der Waals surface area contributed by atoms with Crippen molar-refractivity contribution in [3.63, 3.8) is 0 Å². The van der Waals surface area contributed by atoms with Gasteiger partial charge in [-0.15, -0.1) is 0 Å². The second kappa shape index (κ2) is 63.5. The minimum Gasteiger partial charge on any atom is -0.407 e. The van der Waals surface area contributed by atoms with Crippen LogP contribution in [0.4, 0.5) is 0 Å². The molecular weight excluding hydrogens is 1690 g/mol. The molecule has 0 amide bonds. The highest BCUT2D eigenvalue weighted by Gasteiger charge is 2.55. The standard InChI is InChI=1S/C59H92O6Si2.C59H90O4Si2/c1-8-9-10-11-14-31-44-56(60)57(61)45-32-15-12-13-16-33-46-62-49-51(65-67(59(5,6)7,54-40-27-21-28-41-54)55-42-29-22-30-43-55)50-63-47-34-17-18-35-48-64-66(58(2,3)4,52-36-23-19-24-37-52)53-38-25-20-26-39-53;1-8-9-10-11-12-13-14-15-16-17-18-19-20-21-22-37-48-60-51-53(63-65(59(5,6)7,56-44-33-27-34-45-56)57-46-35-28-36-47-57)52-61-49-38-23-24-39-50-62-64(58(2,3)4,54-40-29-25-30-41-54)55-42-31-26-32-43-55/h19-30,36-43,51,56-57,60-61H,8-18,31-35,44-50H2,1-7H3;15-16,25-36,40-47,53H,8-14,17-24,37-39,48-52H2,1-7H3/b;16-15-. The van der Waals surface area contributed by atoms with Gasteiger partial charge in [-0.3, -0.25) is 0 Å². The number of unbranched alkanes of at least 4 members (excludes halogenated alkanes) is 28. The lowest BCUT2D eigenvalue weighted by Crippen LogP contribution is -2.68. The van der Waals surface area contributed by atoms with Crippen LogP contribution in [-0.2, 0) is 36.7 Å². The monoisotopic (exact) mass is 1870 g/mol. The topological polar surface area (TPSA) is 114 Å². The Labute approximate surface area is 809 Å². The second-order valence-corrected chi connectivity index (χ2v) is 58.6. The van der Waals surface area contributed by atoms with Crippen LogP contribution in [0, 0.1) is 0 Å². The summed E-state index contributed by atoms with van der Waals surface area (Å²) in [7, 11) is -10.6. The molecule has 8 rings (SSSR count). The van der Waals surface area contributed by atoms with Crippen LogP contribution in [0.5, 0.6) is 0 Å². The molecule has 132 heavy (non-hydrogen) atoms. The van der Waals surface area contributed by atoms with E-state index in [2.05, 4.69) is 352 Å². The van der Waals surface area contributed by atoms with Crippen molar-refractivity contribution in [2.75, 3.05) is 66.1 Å². The molecule has 0 saturated heterocycles. The van der Waals surface area contributed by atoms with Gasteiger partial charge >= 0.3 is 0 Å². The smallest absolute Gasteiger partial charge is 0.261 e. The summed E-state index contributed by atoms with van der Waals surface area (Å²) in [6.07, 6.45) is 45.1. The van der Waals surface area contributed by atoms with Crippen molar-refractivity contribution in [2.24, 2.45) is 0 Å². The van der Waals surface area contributed by atoms with E-state index < -0.39 is 45.5 Å². The predicted octanol–water partition coefficient (Wildman–Crippen LogP) is 26.4. The molecule has 0 aliphatic heterocycles. The van der Waals surface area contributed by atoms with Crippen LogP contribution in [0.3, 0.4) is 0 Å². The molecule has 14 heteroatoms. The maximum atomic E-state index is 10.5. The summed E-state index contributed by atoms with van der Waals surface area (Å²) in [5.74, 6) is 0. The molecule has 0 radical (unpaired) electrons. The zero-order chi connectivity index (χ0) is 94.8. The molecule has 0 aliphatic rings. The minimum absolute atomic E-state index is 0.00968. The van der Waals surface area contributed by atoms with Gasteiger partial charge in [0.1, 0.15) is 0 Å². The molecule has 10 nitrogen and oxygen atoms in total. The number of hydrogen-bond acceptors (Lipinski definition) is 10. The molecule has 0 bridgehead atoms. The Hall–Kier alpha value is -6.03. The summed E-state index contributed by atoms with van der Waals surface area (Å²) in [6, 6.07) is 87.5. The van der Waals surface area contributed by atoms with Gasteiger partial charge in [0.25, 0.3) is 33.3 Å². The lowest BCUT2D eigenvalue weighted by Gasteiger charge is -2.45. The van der Waals surface area contributed by atoms with Crippen LogP contribution in [0.15, 0.2) is 255 Å². The Kier molecular flexibility index (Phi) is 54.3. The molecule has 8 aromatic rings. The average molecular weight is 1870 g/mol. The fourth-order valence-electron chi connectivity index (χ4n) is 19.5. The largest absolute Gasteiger partial charge is 0.407 e. The van der Waals surface area contributed by atoms with Gasteiger partial charge in [0.05, 0.1) is 50.8 Å². The number of aliphatic hydroxyl groups is 2. The summed E-state index contributed by atoms with van der Waals surface area (Å²) in [6.45, 7) is 39.0. The van der Waals surface area contributed by atoms with Crippen molar-refractivity contribution in [3.05, 3.63) is 255 Å². The van der Waals surface area contributed by atoms with E-state index >= 15 is 0 Å². The first-order chi connectivity index (χ1) is 63.9. The Balaban J connectivity index is 0.000000361. The van der Waals surface area contributed by atoms with Crippen LogP contribution < -0.4 is 41.5 Å². The van der Waals surface area contributed by atoms with Crippen molar-refractivity contribution in [1.29, 1.82) is 0 Å². The maximum Gasteiger partial charge on any atom is 0.261 e. The first-order valence-electron chi connectivity index (χ1n) is 52.3. The zero-order valence-electron chi connectivity index (χ0n) is 85.2. The van der Waals surface area contributed by atoms with E-state index in [0.717, 1.165) is 129 Å². The third kappa shape index (κ3) is 37.7. The summed E-state index contributed by atoms with van der Waals surface area (Å²) in [5.41, 5.74) is 0. The van der Waals surface area contributed by atoms with E-state index in [4.69, 9.17) is 36.7 Å².